The fourth-order valence-corrected chi connectivity index (χ4v) is 2.41. The zero-order chi connectivity index (χ0) is 17.7. The molecule has 0 spiro atoms. The molecule has 8 nitrogen and oxygen atoms in total. The molecule has 2 rings (SSSR count). The number of carboxylic acids is 1. The molecule has 1 aliphatic heterocycles. The summed E-state index contributed by atoms with van der Waals surface area (Å²) < 4.78 is 10.5. The molecule has 2 N–H and O–H groups in total. The summed E-state index contributed by atoms with van der Waals surface area (Å²) in [5.41, 5.74) is 0.350. The van der Waals surface area contributed by atoms with Gasteiger partial charge in [-0.15, -0.1) is 0 Å². The van der Waals surface area contributed by atoms with Crippen LogP contribution in [0.3, 0.4) is 0 Å². The zero-order valence-corrected chi connectivity index (χ0v) is 13.6. The highest BCUT2D eigenvalue weighted by atomic mass is 16.5. The lowest BCUT2D eigenvalue weighted by Gasteiger charge is -2.15. The molecule has 0 aliphatic carbocycles. The molecule has 0 bridgehead atoms. The van der Waals surface area contributed by atoms with E-state index in [9.17, 15) is 14.4 Å². The van der Waals surface area contributed by atoms with E-state index < -0.39 is 12.6 Å². The van der Waals surface area contributed by atoms with Crippen LogP contribution >= 0.6 is 0 Å². The van der Waals surface area contributed by atoms with Crippen LogP contribution in [-0.4, -0.2) is 60.6 Å². The van der Waals surface area contributed by atoms with Gasteiger partial charge in [0.25, 0.3) is 5.91 Å². The van der Waals surface area contributed by atoms with Gasteiger partial charge in [-0.3, -0.25) is 9.59 Å². The third-order valence-corrected chi connectivity index (χ3v) is 3.53. The number of carbonyl (C=O) groups excluding carboxylic acids is 2. The molecule has 2 amide bonds. The number of likely N-dealkylation sites (N-methyl/N-ethyl adjacent to an activating group) is 1. The van der Waals surface area contributed by atoms with Crippen LogP contribution in [0.25, 0.3) is 0 Å². The molecule has 24 heavy (non-hydrogen) atoms. The molecule has 1 atom stereocenters. The van der Waals surface area contributed by atoms with Gasteiger partial charge in [-0.1, -0.05) is 0 Å². The fraction of sp³-hybridized carbons (Fsp3) is 0.438. The minimum absolute atomic E-state index is 0.00674. The molecule has 1 saturated heterocycles. The lowest BCUT2D eigenvalue weighted by molar-refractivity contribution is -0.139. The molecule has 1 fully saturated rings. The van der Waals surface area contributed by atoms with E-state index in [1.54, 1.807) is 18.9 Å². The second-order valence-electron chi connectivity index (χ2n) is 5.43. The molecule has 0 radical (unpaired) electrons. The Labute approximate surface area is 139 Å². The summed E-state index contributed by atoms with van der Waals surface area (Å²) in [6.07, 6.45) is 0.278. The minimum Gasteiger partial charge on any atom is -0.490 e. The van der Waals surface area contributed by atoms with Crippen LogP contribution in [0.15, 0.2) is 18.2 Å². The average Bonchev–Trinajstić information content (AvgIpc) is 2.84. The topological polar surface area (TPSA) is 105 Å². The van der Waals surface area contributed by atoms with Crippen molar-refractivity contribution in [3.8, 4) is 11.5 Å². The van der Waals surface area contributed by atoms with Crippen LogP contribution in [0, 0.1) is 0 Å². The summed E-state index contributed by atoms with van der Waals surface area (Å²) in [6, 6.07) is 4.29. The maximum atomic E-state index is 12.3. The maximum Gasteiger partial charge on any atom is 0.341 e. The minimum atomic E-state index is -1.10. The molecular weight excluding hydrogens is 316 g/mol. The van der Waals surface area contributed by atoms with Crippen molar-refractivity contribution >= 4 is 17.8 Å². The summed E-state index contributed by atoms with van der Waals surface area (Å²) in [4.78, 5) is 36.0. The van der Waals surface area contributed by atoms with Crippen LogP contribution in [0.4, 0.5) is 0 Å². The Morgan fingerprint density at radius 1 is 1.33 bits per heavy atom. The van der Waals surface area contributed by atoms with Crippen molar-refractivity contribution in [3.63, 3.8) is 0 Å². The summed E-state index contributed by atoms with van der Waals surface area (Å²) in [5, 5.41) is 11.5. The normalized spacial score (nSPS) is 16.8. The second-order valence-corrected chi connectivity index (χ2v) is 5.43. The molecule has 1 aliphatic rings. The van der Waals surface area contributed by atoms with Crippen LogP contribution < -0.4 is 14.8 Å². The van der Waals surface area contributed by atoms with E-state index in [4.69, 9.17) is 14.6 Å². The molecule has 1 aromatic carbocycles. The van der Waals surface area contributed by atoms with Gasteiger partial charge in [0.15, 0.2) is 18.1 Å². The first-order valence-corrected chi connectivity index (χ1v) is 7.57. The SMILES string of the molecule is CCOc1cc(C(=O)NC2CC(=O)N(C)C2)ccc1OCC(=O)O. The number of aliphatic carboxylic acids is 1. The first-order chi connectivity index (χ1) is 11.4. The average molecular weight is 336 g/mol. The number of likely N-dealkylation sites (tertiary alicyclic amines) is 1. The zero-order valence-electron chi connectivity index (χ0n) is 13.6. The number of carboxylic acid groups (broad SMARTS) is 1. The van der Waals surface area contributed by atoms with Gasteiger partial charge in [0.05, 0.1) is 12.6 Å². The Balaban J connectivity index is 2.09. The Hall–Kier alpha value is -2.77. The Morgan fingerprint density at radius 2 is 2.08 bits per heavy atom. The van der Waals surface area contributed by atoms with E-state index in [-0.39, 0.29) is 30.0 Å². The quantitative estimate of drug-likeness (QED) is 0.752. The molecule has 130 valence electrons. The van der Waals surface area contributed by atoms with Crippen LogP contribution in [0.2, 0.25) is 0 Å². The van der Waals surface area contributed by atoms with Gasteiger partial charge >= 0.3 is 5.97 Å². The van der Waals surface area contributed by atoms with Crippen molar-refractivity contribution in [1.82, 2.24) is 10.2 Å². The lowest BCUT2D eigenvalue weighted by Crippen LogP contribution is -2.36. The fourth-order valence-electron chi connectivity index (χ4n) is 2.41. The van der Waals surface area contributed by atoms with Gasteiger partial charge in [0.1, 0.15) is 0 Å². The number of nitrogens with zero attached hydrogens (tertiary/aromatic N) is 1. The van der Waals surface area contributed by atoms with Gasteiger partial charge in [-0.05, 0) is 25.1 Å². The van der Waals surface area contributed by atoms with E-state index in [2.05, 4.69) is 5.32 Å². The molecule has 8 heteroatoms. The first-order valence-electron chi connectivity index (χ1n) is 7.57. The molecule has 1 aromatic rings. The Kier molecular flexibility index (Phi) is 5.62. The van der Waals surface area contributed by atoms with Gasteiger partial charge in [-0.25, -0.2) is 4.79 Å². The smallest absolute Gasteiger partial charge is 0.341 e. The van der Waals surface area contributed by atoms with Crippen molar-refractivity contribution in [1.29, 1.82) is 0 Å². The predicted octanol–water partition coefficient (Wildman–Crippen LogP) is 0.509. The van der Waals surface area contributed by atoms with Crippen LogP contribution in [-0.2, 0) is 9.59 Å². The summed E-state index contributed by atoms with van der Waals surface area (Å²) >= 11 is 0. The lowest BCUT2D eigenvalue weighted by atomic mass is 10.1. The van der Waals surface area contributed by atoms with Gasteiger partial charge in [-0.2, -0.15) is 0 Å². The van der Waals surface area contributed by atoms with Crippen LogP contribution in [0.5, 0.6) is 11.5 Å². The molecule has 0 aromatic heterocycles. The number of carbonyl (C=O) groups is 3. The van der Waals surface area contributed by atoms with Crippen molar-refractivity contribution in [3.05, 3.63) is 23.8 Å². The number of amides is 2. The first kappa shape index (κ1) is 17.6. The number of hydrogen-bond acceptors (Lipinski definition) is 5. The summed E-state index contributed by atoms with van der Waals surface area (Å²) in [6.45, 7) is 2.09. The van der Waals surface area contributed by atoms with E-state index >= 15 is 0 Å². The highest BCUT2D eigenvalue weighted by Crippen LogP contribution is 2.28. The summed E-state index contributed by atoms with van der Waals surface area (Å²) in [5.74, 6) is -0.881. The molecule has 0 saturated carbocycles. The number of nitrogens with one attached hydrogen (secondary N) is 1. The number of hydrogen-bond donors (Lipinski definition) is 2. The van der Waals surface area contributed by atoms with Gasteiger partial charge in [0.2, 0.25) is 5.91 Å². The molecular formula is C16H20N2O6. The highest BCUT2D eigenvalue weighted by Gasteiger charge is 2.28. The van der Waals surface area contributed by atoms with E-state index in [1.807, 2.05) is 0 Å². The van der Waals surface area contributed by atoms with E-state index in [0.29, 0.717) is 24.5 Å². The van der Waals surface area contributed by atoms with Crippen LogP contribution in [0.1, 0.15) is 23.7 Å². The Morgan fingerprint density at radius 3 is 2.67 bits per heavy atom. The monoisotopic (exact) mass is 336 g/mol. The third kappa shape index (κ3) is 4.37. The number of benzene rings is 1. The van der Waals surface area contributed by atoms with E-state index in [1.165, 1.54) is 18.2 Å². The second kappa shape index (κ2) is 7.67. The van der Waals surface area contributed by atoms with Crippen molar-refractivity contribution in [2.24, 2.45) is 0 Å². The summed E-state index contributed by atoms with van der Waals surface area (Å²) in [7, 11) is 1.69. The maximum absolute atomic E-state index is 12.3. The Bertz CT molecular complexity index is 645. The number of rotatable bonds is 7. The largest absolute Gasteiger partial charge is 0.490 e. The molecule has 1 heterocycles. The molecule has 1 unspecified atom stereocenters. The number of ether oxygens (including phenoxy) is 2. The van der Waals surface area contributed by atoms with Crippen molar-refractivity contribution in [2.75, 3.05) is 26.8 Å². The van der Waals surface area contributed by atoms with Crippen molar-refractivity contribution in [2.45, 2.75) is 19.4 Å². The van der Waals surface area contributed by atoms with Gasteiger partial charge in [0, 0.05) is 25.6 Å². The van der Waals surface area contributed by atoms with Crippen molar-refractivity contribution < 1.29 is 29.0 Å². The third-order valence-electron chi connectivity index (χ3n) is 3.53. The van der Waals surface area contributed by atoms with Gasteiger partial charge < -0.3 is 24.8 Å². The standard InChI is InChI=1S/C16H20N2O6/c1-3-23-13-6-10(4-5-12(13)24-9-15(20)21)16(22)17-11-7-14(19)18(2)8-11/h4-6,11H,3,7-9H2,1-2H3,(H,17,22)(H,20,21). The van der Waals surface area contributed by atoms with E-state index in [0.717, 1.165) is 0 Å². The highest BCUT2D eigenvalue weighted by molar-refractivity contribution is 5.95. The predicted molar refractivity (Wildman–Crippen MR) is 84.3 cm³/mol.